The van der Waals surface area contributed by atoms with Gasteiger partial charge in [0, 0.05) is 32.1 Å². The first-order valence-electron chi connectivity index (χ1n) is 11.7. The highest BCUT2D eigenvalue weighted by Crippen LogP contribution is 2.27. The van der Waals surface area contributed by atoms with Crippen LogP contribution in [0.15, 0.2) is 91.0 Å². The van der Waals surface area contributed by atoms with E-state index in [4.69, 9.17) is 0 Å². The molecule has 0 aromatic heterocycles. The van der Waals surface area contributed by atoms with Gasteiger partial charge in [0.2, 0.25) is 5.91 Å². The molecule has 0 fully saturated rings. The molecule has 3 aromatic carbocycles. The van der Waals surface area contributed by atoms with Gasteiger partial charge in [0.15, 0.2) is 0 Å². The molecule has 1 N–H and O–H groups in total. The Morgan fingerprint density at radius 2 is 1.27 bits per heavy atom. The summed E-state index contributed by atoms with van der Waals surface area (Å²) in [4.78, 5) is 17.3. The summed E-state index contributed by atoms with van der Waals surface area (Å²) in [7, 11) is 1.79. The largest absolute Gasteiger partial charge is 0.386 e. The van der Waals surface area contributed by atoms with Crippen LogP contribution in [-0.2, 0) is 11.3 Å². The van der Waals surface area contributed by atoms with Crippen molar-refractivity contribution in [1.29, 1.82) is 0 Å². The molecule has 3 aromatic rings. The lowest BCUT2D eigenvalue weighted by atomic mass is 10.0. The Morgan fingerprint density at radius 1 is 0.788 bits per heavy atom. The van der Waals surface area contributed by atoms with Gasteiger partial charge in [-0.15, -0.1) is 0 Å². The van der Waals surface area contributed by atoms with Crippen LogP contribution in [0.25, 0.3) is 0 Å². The molecular formula is C29H36N2O2. The van der Waals surface area contributed by atoms with Crippen molar-refractivity contribution >= 4 is 5.91 Å². The molecule has 0 aliphatic rings. The number of aliphatic hydroxyl groups is 1. The van der Waals surface area contributed by atoms with Gasteiger partial charge in [0.05, 0.1) is 12.1 Å². The minimum Gasteiger partial charge on any atom is -0.386 e. The van der Waals surface area contributed by atoms with Gasteiger partial charge in [-0.05, 0) is 37.5 Å². The van der Waals surface area contributed by atoms with E-state index in [0.717, 1.165) is 12.1 Å². The van der Waals surface area contributed by atoms with Gasteiger partial charge in [-0.1, -0.05) is 91.0 Å². The lowest BCUT2D eigenvalue weighted by Gasteiger charge is -2.36. The van der Waals surface area contributed by atoms with E-state index in [2.05, 4.69) is 67.3 Å². The van der Waals surface area contributed by atoms with Crippen LogP contribution in [0.4, 0.5) is 0 Å². The lowest BCUT2D eigenvalue weighted by Crippen LogP contribution is -2.43. The number of carbonyl (C=O) groups is 1. The van der Waals surface area contributed by atoms with Gasteiger partial charge in [-0.3, -0.25) is 9.69 Å². The van der Waals surface area contributed by atoms with Crippen LogP contribution >= 0.6 is 0 Å². The molecule has 0 radical (unpaired) electrons. The van der Waals surface area contributed by atoms with Gasteiger partial charge < -0.3 is 10.0 Å². The number of hydrogen-bond acceptors (Lipinski definition) is 3. The zero-order chi connectivity index (χ0) is 23.8. The minimum absolute atomic E-state index is 0.0245. The fourth-order valence-electron chi connectivity index (χ4n) is 4.27. The molecule has 4 heteroatoms. The third-order valence-corrected chi connectivity index (χ3v) is 6.63. The van der Waals surface area contributed by atoms with Gasteiger partial charge in [0.25, 0.3) is 0 Å². The molecule has 0 heterocycles. The Labute approximate surface area is 198 Å². The van der Waals surface area contributed by atoms with Crippen molar-refractivity contribution in [3.63, 3.8) is 0 Å². The summed E-state index contributed by atoms with van der Waals surface area (Å²) < 4.78 is 0. The number of benzene rings is 3. The first-order valence-corrected chi connectivity index (χ1v) is 11.7. The maximum atomic E-state index is 13.2. The van der Waals surface area contributed by atoms with E-state index in [9.17, 15) is 9.90 Å². The zero-order valence-electron chi connectivity index (χ0n) is 20.1. The molecule has 0 saturated carbocycles. The molecule has 174 valence electrons. The van der Waals surface area contributed by atoms with E-state index in [1.807, 2.05) is 49.4 Å². The summed E-state index contributed by atoms with van der Waals surface area (Å²) in [6.07, 6.45) is -0.342. The Bertz CT molecular complexity index is 978. The molecule has 4 atom stereocenters. The average Bonchev–Trinajstić information content (AvgIpc) is 2.87. The van der Waals surface area contributed by atoms with E-state index >= 15 is 0 Å². The number of amides is 1. The number of nitrogens with zero attached hydrogens (tertiary/aromatic N) is 2. The quantitative estimate of drug-likeness (QED) is 0.442. The fourth-order valence-corrected chi connectivity index (χ4v) is 4.27. The molecule has 0 unspecified atom stereocenters. The first-order chi connectivity index (χ1) is 15.9. The summed E-state index contributed by atoms with van der Waals surface area (Å²) in [5, 5.41) is 10.8. The summed E-state index contributed by atoms with van der Waals surface area (Å²) >= 11 is 0. The van der Waals surface area contributed by atoms with Gasteiger partial charge in [-0.25, -0.2) is 0 Å². The van der Waals surface area contributed by atoms with Crippen LogP contribution in [0.1, 0.15) is 56.0 Å². The molecular weight excluding hydrogens is 408 g/mol. The second kappa shape index (κ2) is 11.8. The minimum atomic E-state index is -0.723. The van der Waals surface area contributed by atoms with E-state index in [1.54, 1.807) is 11.9 Å². The van der Waals surface area contributed by atoms with E-state index < -0.39 is 6.10 Å². The smallest absolute Gasteiger partial charge is 0.224 e. The van der Waals surface area contributed by atoms with Gasteiger partial charge in [0.1, 0.15) is 0 Å². The summed E-state index contributed by atoms with van der Waals surface area (Å²) in [6.45, 7) is 6.98. The second-order valence-corrected chi connectivity index (χ2v) is 8.90. The topological polar surface area (TPSA) is 43.8 Å². The molecule has 3 rings (SSSR count). The summed E-state index contributed by atoms with van der Waals surface area (Å²) in [5.41, 5.74) is 3.27. The SMILES string of the molecule is C[C@@H]([C@@H](O)c1ccccc1)N(C)C(=O)C[C@H](C)N(Cc1ccccc1)[C@@H](C)c1ccccc1. The Kier molecular flexibility index (Phi) is 8.81. The van der Waals surface area contributed by atoms with Crippen molar-refractivity contribution in [3.8, 4) is 0 Å². The molecule has 0 bridgehead atoms. The normalized spacial score (nSPS) is 15.0. The number of rotatable bonds is 10. The Balaban J connectivity index is 1.73. The van der Waals surface area contributed by atoms with Crippen molar-refractivity contribution in [3.05, 3.63) is 108 Å². The van der Waals surface area contributed by atoms with E-state index in [1.165, 1.54) is 11.1 Å². The maximum absolute atomic E-state index is 13.2. The Morgan fingerprint density at radius 3 is 1.82 bits per heavy atom. The second-order valence-electron chi connectivity index (χ2n) is 8.90. The highest BCUT2D eigenvalue weighted by Gasteiger charge is 2.28. The molecule has 33 heavy (non-hydrogen) atoms. The van der Waals surface area contributed by atoms with Crippen LogP contribution in [0.2, 0.25) is 0 Å². The number of hydrogen-bond donors (Lipinski definition) is 1. The van der Waals surface area contributed by atoms with E-state index in [-0.39, 0.29) is 24.0 Å². The Hall–Kier alpha value is -2.95. The maximum Gasteiger partial charge on any atom is 0.224 e. The highest BCUT2D eigenvalue weighted by atomic mass is 16.3. The third-order valence-electron chi connectivity index (χ3n) is 6.63. The van der Waals surface area contributed by atoms with Crippen LogP contribution < -0.4 is 0 Å². The molecule has 1 amide bonds. The van der Waals surface area contributed by atoms with Gasteiger partial charge in [-0.2, -0.15) is 0 Å². The van der Waals surface area contributed by atoms with Crippen LogP contribution in [0, 0.1) is 0 Å². The molecule has 0 spiro atoms. The highest BCUT2D eigenvalue weighted by molar-refractivity contribution is 5.77. The number of aliphatic hydroxyl groups excluding tert-OH is 1. The van der Waals surface area contributed by atoms with Crippen LogP contribution in [-0.4, -0.2) is 39.9 Å². The fraction of sp³-hybridized carbons (Fsp3) is 0.345. The van der Waals surface area contributed by atoms with Crippen molar-refractivity contribution in [1.82, 2.24) is 9.80 Å². The molecule has 0 aliphatic carbocycles. The van der Waals surface area contributed by atoms with Gasteiger partial charge >= 0.3 is 0 Å². The zero-order valence-corrected chi connectivity index (χ0v) is 20.1. The monoisotopic (exact) mass is 444 g/mol. The average molecular weight is 445 g/mol. The van der Waals surface area contributed by atoms with E-state index in [0.29, 0.717) is 6.42 Å². The summed E-state index contributed by atoms with van der Waals surface area (Å²) in [5.74, 6) is 0.0308. The van der Waals surface area contributed by atoms with Crippen molar-refractivity contribution in [2.24, 2.45) is 0 Å². The molecule has 0 aliphatic heterocycles. The predicted octanol–water partition coefficient (Wildman–Crippen LogP) is 5.61. The lowest BCUT2D eigenvalue weighted by molar-refractivity contribution is -0.135. The van der Waals surface area contributed by atoms with Crippen LogP contribution in [0.3, 0.4) is 0 Å². The third kappa shape index (κ3) is 6.53. The number of likely N-dealkylation sites (N-methyl/N-ethyl adjacent to an activating group) is 1. The first kappa shape index (κ1) is 24.7. The molecule has 0 saturated heterocycles. The standard InChI is InChI=1S/C29H36N2O2/c1-22(20-28(32)30(4)24(3)29(33)27-18-12-7-13-19-27)31(21-25-14-8-5-9-15-25)23(2)26-16-10-6-11-17-26/h5-19,22-24,29,33H,20-21H2,1-4H3/t22-,23-,24-,29+/m0/s1. The van der Waals surface area contributed by atoms with Crippen molar-refractivity contribution in [2.45, 2.75) is 58.0 Å². The van der Waals surface area contributed by atoms with Crippen molar-refractivity contribution < 1.29 is 9.90 Å². The van der Waals surface area contributed by atoms with Crippen molar-refractivity contribution in [2.75, 3.05) is 7.05 Å². The van der Waals surface area contributed by atoms with Crippen LogP contribution in [0.5, 0.6) is 0 Å². The molecule has 4 nitrogen and oxygen atoms in total. The summed E-state index contributed by atoms with van der Waals surface area (Å²) in [6, 6.07) is 30.2. The predicted molar refractivity (Wildman–Crippen MR) is 135 cm³/mol. The number of carbonyl (C=O) groups excluding carboxylic acids is 1.